The van der Waals surface area contributed by atoms with E-state index in [0.717, 1.165) is 10.4 Å². The molecular formula is C8H10BrN3O4S. The number of nitrogens with zero attached hydrogens (tertiary/aromatic N) is 2. The van der Waals surface area contributed by atoms with Gasteiger partial charge in [-0.3, -0.25) is 14.8 Å². The molecule has 0 atom stereocenters. The Balaban J connectivity index is 3.12. The van der Waals surface area contributed by atoms with Crippen LogP contribution in [-0.4, -0.2) is 31.7 Å². The fourth-order valence-corrected chi connectivity index (χ4v) is 2.06. The molecule has 17 heavy (non-hydrogen) atoms. The number of hydrogen-bond donors (Lipinski definition) is 1. The van der Waals surface area contributed by atoms with E-state index in [1.807, 2.05) is 0 Å². The Hall–Kier alpha value is -1.19. The van der Waals surface area contributed by atoms with Crippen molar-refractivity contribution in [1.82, 2.24) is 4.31 Å². The summed E-state index contributed by atoms with van der Waals surface area (Å²) in [5, 5.41) is 10.6. The predicted molar refractivity (Wildman–Crippen MR) is 67.0 cm³/mol. The molecule has 0 aliphatic carbocycles. The van der Waals surface area contributed by atoms with E-state index in [1.165, 1.54) is 26.2 Å². The van der Waals surface area contributed by atoms with Crippen LogP contribution in [0.2, 0.25) is 0 Å². The number of benzene rings is 1. The van der Waals surface area contributed by atoms with Gasteiger partial charge in [0, 0.05) is 30.7 Å². The third-order valence-electron chi connectivity index (χ3n) is 1.82. The van der Waals surface area contributed by atoms with Crippen LogP contribution in [0.25, 0.3) is 0 Å². The quantitative estimate of drug-likeness (QED) is 0.672. The number of rotatable bonds is 4. The molecular weight excluding hydrogens is 314 g/mol. The molecule has 1 rings (SSSR count). The Kier molecular flexibility index (Phi) is 4.07. The summed E-state index contributed by atoms with van der Waals surface area (Å²) in [7, 11) is -0.959. The molecule has 0 saturated carbocycles. The first-order valence-corrected chi connectivity index (χ1v) is 6.61. The lowest BCUT2D eigenvalue weighted by Crippen LogP contribution is -2.28. The van der Waals surface area contributed by atoms with Crippen molar-refractivity contribution in [2.24, 2.45) is 0 Å². The summed E-state index contributed by atoms with van der Waals surface area (Å²) < 4.78 is 26.7. The Morgan fingerprint density at radius 3 is 2.41 bits per heavy atom. The third kappa shape index (κ3) is 3.65. The molecule has 0 aliphatic rings. The maximum atomic E-state index is 11.5. The van der Waals surface area contributed by atoms with Gasteiger partial charge >= 0.3 is 10.2 Å². The van der Waals surface area contributed by atoms with Crippen LogP contribution < -0.4 is 4.72 Å². The lowest BCUT2D eigenvalue weighted by molar-refractivity contribution is -0.384. The van der Waals surface area contributed by atoms with E-state index in [4.69, 9.17) is 0 Å². The average Bonchev–Trinajstić information content (AvgIpc) is 2.15. The van der Waals surface area contributed by atoms with Crippen LogP contribution in [-0.2, 0) is 10.2 Å². The van der Waals surface area contributed by atoms with Crippen molar-refractivity contribution in [3.63, 3.8) is 0 Å². The highest BCUT2D eigenvalue weighted by Crippen LogP contribution is 2.25. The van der Waals surface area contributed by atoms with Gasteiger partial charge in [-0.1, -0.05) is 15.9 Å². The standard InChI is InChI=1S/C8H10BrN3O4S/c1-11(2)17(15,16)10-7-3-6(9)4-8(5-7)12(13)14/h3-5,10H,1-2H3. The minimum absolute atomic E-state index is 0.125. The number of hydrogen-bond acceptors (Lipinski definition) is 4. The highest BCUT2D eigenvalue weighted by Gasteiger charge is 2.16. The largest absolute Gasteiger partial charge is 0.301 e. The van der Waals surface area contributed by atoms with E-state index in [1.54, 1.807) is 0 Å². The summed E-state index contributed by atoms with van der Waals surface area (Å²) in [4.78, 5) is 10.0. The zero-order valence-corrected chi connectivity index (χ0v) is 11.4. The van der Waals surface area contributed by atoms with Gasteiger partial charge in [0.15, 0.2) is 0 Å². The molecule has 0 spiro atoms. The normalized spacial score (nSPS) is 11.5. The number of anilines is 1. The minimum Gasteiger partial charge on any atom is -0.271 e. The van der Waals surface area contributed by atoms with Gasteiger partial charge in [0.25, 0.3) is 5.69 Å². The SMILES string of the molecule is CN(C)S(=O)(=O)Nc1cc(Br)cc([N+](=O)[O-])c1. The maximum absolute atomic E-state index is 11.5. The Morgan fingerprint density at radius 2 is 1.94 bits per heavy atom. The first-order valence-electron chi connectivity index (χ1n) is 4.37. The van der Waals surface area contributed by atoms with Crippen LogP contribution in [0.4, 0.5) is 11.4 Å². The van der Waals surface area contributed by atoms with Gasteiger partial charge in [-0.25, -0.2) is 0 Å². The van der Waals surface area contributed by atoms with Crippen molar-refractivity contribution >= 4 is 37.5 Å². The van der Waals surface area contributed by atoms with Crippen molar-refractivity contribution in [1.29, 1.82) is 0 Å². The van der Waals surface area contributed by atoms with E-state index in [-0.39, 0.29) is 11.4 Å². The topological polar surface area (TPSA) is 92.6 Å². The molecule has 7 nitrogen and oxygen atoms in total. The van der Waals surface area contributed by atoms with Crippen LogP contribution >= 0.6 is 15.9 Å². The van der Waals surface area contributed by atoms with E-state index < -0.39 is 15.1 Å². The van der Waals surface area contributed by atoms with Crippen LogP contribution in [0.15, 0.2) is 22.7 Å². The lowest BCUT2D eigenvalue weighted by Gasteiger charge is -2.13. The summed E-state index contributed by atoms with van der Waals surface area (Å²) in [6.07, 6.45) is 0. The predicted octanol–water partition coefficient (Wildman–Crippen LogP) is 1.58. The van der Waals surface area contributed by atoms with Gasteiger partial charge in [-0.2, -0.15) is 12.7 Å². The van der Waals surface area contributed by atoms with Crippen molar-refractivity contribution in [2.45, 2.75) is 0 Å². The van der Waals surface area contributed by atoms with Gasteiger partial charge in [0.2, 0.25) is 0 Å². The molecule has 0 radical (unpaired) electrons. The molecule has 1 aromatic rings. The maximum Gasteiger partial charge on any atom is 0.301 e. The smallest absolute Gasteiger partial charge is 0.271 e. The molecule has 0 bridgehead atoms. The number of nitro groups is 1. The third-order valence-corrected chi connectivity index (χ3v) is 3.73. The van der Waals surface area contributed by atoms with E-state index in [9.17, 15) is 18.5 Å². The van der Waals surface area contributed by atoms with Crippen molar-refractivity contribution < 1.29 is 13.3 Å². The Labute approximate surface area is 107 Å². The second-order valence-corrected chi connectivity index (χ2v) is 6.14. The number of non-ortho nitro benzene ring substituents is 1. The summed E-state index contributed by atoms with van der Waals surface area (Å²) in [6, 6.07) is 3.87. The van der Waals surface area contributed by atoms with Crippen molar-refractivity contribution in [2.75, 3.05) is 18.8 Å². The monoisotopic (exact) mass is 323 g/mol. The zero-order chi connectivity index (χ0) is 13.2. The number of halogens is 1. The van der Waals surface area contributed by atoms with Crippen molar-refractivity contribution in [3.8, 4) is 0 Å². The molecule has 0 unspecified atom stereocenters. The van der Waals surface area contributed by atoms with Gasteiger partial charge in [0.1, 0.15) is 0 Å². The fraction of sp³-hybridized carbons (Fsp3) is 0.250. The summed E-state index contributed by atoms with van der Waals surface area (Å²) in [5.74, 6) is 0. The molecule has 1 aromatic carbocycles. The molecule has 0 aliphatic heterocycles. The molecule has 0 fully saturated rings. The zero-order valence-electron chi connectivity index (χ0n) is 9.05. The van der Waals surface area contributed by atoms with Gasteiger partial charge < -0.3 is 0 Å². The summed E-state index contributed by atoms with van der Waals surface area (Å²) in [5.41, 5.74) is -0.0735. The Morgan fingerprint density at radius 1 is 1.35 bits per heavy atom. The first kappa shape index (κ1) is 13.9. The second-order valence-electron chi connectivity index (χ2n) is 3.34. The van der Waals surface area contributed by atoms with Gasteiger partial charge in [-0.15, -0.1) is 0 Å². The van der Waals surface area contributed by atoms with E-state index in [2.05, 4.69) is 20.7 Å². The highest BCUT2D eigenvalue weighted by atomic mass is 79.9. The summed E-state index contributed by atoms with van der Waals surface area (Å²) in [6.45, 7) is 0. The fourth-order valence-electron chi connectivity index (χ4n) is 0.979. The van der Waals surface area contributed by atoms with Crippen molar-refractivity contribution in [3.05, 3.63) is 32.8 Å². The summed E-state index contributed by atoms with van der Waals surface area (Å²) >= 11 is 3.07. The first-order chi connectivity index (χ1) is 7.72. The van der Waals surface area contributed by atoms with E-state index in [0.29, 0.717) is 4.47 Å². The number of nitro benzene ring substituents is 1. The molecule has 0 heterocycles. The minimum atomic E-state index is -3.67. The van der Waals surface area contributed by atoms with Gasteiger partial charge in [0.05, 0.1) is 10.6 Å². The highest BCUT2D eigenvalue weighted by molar-refractivity contribution is 9.10. The molecule has 0 aromatic heterocycles. The van der Waals surface area contributed by atoms with Crippen LogP contribution in [0.5, 0.6) is 0 Å². The molecule has 94 valence electrons. The molecule has 9 heteroatoms. The molecule has 0 amide bonds. The van der Waals surface area contributed by atoms with Gasteiger partial charge in [-0.05, 0) is 6.07 Å². The van der Waals surface area contributed by atoms with E-state index >= 15 is 0 Å². The lowest BCUT2D eigenvalue weighted by atomic mass is 10.3. The Bertz CT molecular complexity index is 544. The van der Waals surface area contributed by atoms with Crippen LogP contribution in [0.1, 0.15) is 0 Å². The van der Waals surface area contributed by atoms with Crippen LogP contribution in [0, 0.1) is 10.1 Å². The average molecular weight is 324 g/mol. The second kappa shape index (κ2) is 4.98. The number of nitrogens with one attached hydrogen (secondary N) is 1. The van der Waals surface area contributed by atoms with Crippen LogP contribution in [0.3, 0.4) is 0 Å². The molecule has 0 saturated heterocycles. The molecule has 1 N–H and O–H groups in total.